The van der Waals surface area contributed by atoms with E-state index < -0.39 is 5.82 Å². The van der Waals surface area contributed by atoms with Crippen LogP contribution in [-0.4, -0.2) is 36.0 Å². The lowest BCUT2D eigenvalue weighted by Gasteiger charge is -2.32. The Labute approximate surface area is 126 Å². The summed E-state index contributed by atoms with van der Waals surface area (Å²) in [5.74, 6) is -0.797. The minimum atomic E-state index is -0.486. The number of carbonyl (C=O) groups is 1. The molecule has 0 bridgehead atoms. The minimum absolute atomic E-state index is 0.115. The molecule has 1 amide bonds. The predicted molar refractivity (Wildman–Crippen MR) is 79.2 cm³/mol. The lowest BCUT2D eigenvalue weighted by Crippen LogP contribution is -2.45. The quantitative estimate of drug-likeness (QED) is 0.917. The van der Waals surface area contributed by atoms with Crippen LogP contribution in [0.2, 0.25) is 0 Å². The van der Waals surface area contributed by atoms with Crippen molar-refractivity contribution in [3.05, 3.63) is 34.1 Å². The first-order chi connectivity index (χ1) is 9.65. The number of benzene rings is 1. The smallest absolute Gasteiger partial charge is 0.254 e. The van der Waals surface area contributed by atoms with Gasteiger partial charge in [-0.1, -0.05) is 6.07 Å². The summed E-state index contributed by atoms with van der Waals surface area (Å²) in [6.45, 7) is 2.08. The van der Waals surface area contributed by atoms with Gasteiger partial charge in [-0.15, -0.1) is 0 Å². The van der Waals surface area contributed by atoms with Crippen molar-refractivity contribution in [3.8, 4) is 0 Å². The summed E-state index contributed by atoms with van der Waals surface area (Å²) < 4.78 is 14.2. The molecule has 0 spiro atoms. The molecule has 108 valence electrons. The average Bonchev–Trinajstić information content (AvgIpc) is 3.27. The van der Waals surface area contributed by atoms with Crippen molar-refractivity contribution in [1.29, 1.82) is 0 Å². The first kappa shape index (κ1) is 14.0. The highest BCUT2D eigenvalue weighted by atomic mass is 79.9. The third kappa shape index (κ3) is 3.04. The number of nitrogens with zero attached hydrogens (tertiary/aromatic N) is 1. The van der Waals surface area contributed by atoms with Gasteiger partial charge >= 0.3 is 0 Å². The molecular formula is C15H18BrFN2O. The van der Waals surface area contributed by atoms with Crippen LogP contribution in [0.4, 0.5) is 4.39 Å². The Kier molecular flexibility index (Phi) is 4.08. The number of rotatable bonds is 3. The maximum Gasteiger partial charge on any atom is 0.254 e. The second kappa shape index (κ2) is 5.82. The Morgan fingerprint density at radius 2 is 1.95 bits per heavy atom. The molecule has 0 unspecified atom stereocenters. The molecule has 2 fully saturated rings. The van der Waals surface area contributed by atoms with E-state index >= 15 is 0 Å². The lowest BCUT2D eigenvalue weighted by atomic mass is 10.0. The van der Waals surface area contributed by atoms with Crippen LogP contribution >= 0.6 is 15.9 Å². The summed E-state index contributed by atoms with van der Waals surface area (Å²) >= 11 is 3.11. The zero-order chi connectivity index (χ0) is 14.1. The number of likely N-dealkylation sites (tertiary alicyclic amines) is 1. The van der Waals surface area contributed by atoms with E-state index in [1.165, 1.54) is 18.9 Å². The van der Waals surface area contributed by atoms with E-state index in [1.807, 2.05) is 0 Å². The standard InChI is InChI=1S/C15H18BrFN2O/c16-13-3-1-2-12(14(13)17)15(20)18-10-6-8-19(9-7-10)11-4-5-11/h1-3,10-11H,4-9H2,(H,18,20). The molecular weight excluding hydrogens is 323 g/mol. The van der Waals surface area contributed by atoms with Gasteiger partial charge in [0.1, 0.15) is 5.82 Å². The molecule has 0 aromatic heterocycles. The SMILES string of the molecule is O=C(NC1CCN(C2CC2)CC1)c1cccc(Br)c1F. The van der Waals surface area contributed by atoms with Gasteiger partial charge in [0, 0.05) is 25.2 Å². The Balaban J connectivity index is 1.57. The van der Waals surface area contributed by atoms with Crippen LogP contribution in [0.5, 0.6) is 0 Å². The van der Waals surface area contributed by atoms with E-state index in [9.17, 15) is 9.18 Å². The molecule has 1 aliphatic heterocycles. The number of hydrogen-bond acceptors (Lipinski definition) is 2. The summed E-state index contributed by atoms with van der Waals surface area (Å²) in [6.07, 6.45) is 4.55. The molecule has 3 rings (SSSR count). The zero-order valence-electron chi connectivity index (χ0n) is 11.2. The van der Waals surface area contributed by atoms with Crippen LogP contribution in [0.25, 0.3) is 0 Å². The maximum absolute atomic E-state index is 13.9. The fourth-order valence-corrected chi connectivity index (χ4v) is 3.16. The third-order valence-electron chi connectivity index (χ3n) is 4.12. The highest BCUT2D eigenvalue weighted by molar-refractivity contribution is 9.10. The van der Waals surface area contributed by atoms with E-state index in [1.54, 1.807) is 12.1 Å². The monoisotopic (exact) mass is 340 g/mol. The molecule has 1 N–H and O–H groups in total. The molecule has 1 aromatic rings. The van der Waals surface area contributed by atoms with E-state index in [-0.39, 0.29) is 17.5 Å². The van der Waals surface area contributed by atoms with Crippen LogP contribution < -0.4 is 5.32 Å². The zero-order valence-corrected chi connectivity index (χ0v) is 12.8. The van der Waals surface area contributed by atoms with Crippen LogP contribution in [0.1, 0.15) is 36.0 Å². The van der Waals surface area contributed by atoms with Gasteiger partial charge in [0.2, 0.25) is 0 Å². The largest absolute Gasteiger partial charge is 0.349 e. The lowest BCUT2D eigenvalue weighted by molar-refractivity contribution is 0.0905. The molecule has 1 saturated carbocycles. The van der Waals surface area contributed by atoms with Crippen molar-refractivity contribution >= 4 is 21.8 Å². The summed E-state index contributed by atoms with van der Waals surface area (Å²) in [4.78, 5) is 14.6. The number of nitrogens with one attached hydrogen (secondary N) is 1. The minimum Gasteiger partial charge on any atom is -0.349 e. The second-order valence-electron chi connectivity index (χ2n) is 5.62. The second-order valence-corrected chi connectivity index (χ2v) is 6.47. The Morgan fingerprint density at radius 1 is 1.25 bits per heavy atom. The van der Waals surface area contributed by atoms with E-state index in [4.69, 9.17) is 0 Å². The summed E-state index contributed by atoms with van der Waals surface area (Å²) in [7, 11) is 0. The van der Waals surface area contributed by atoms with Crippen LogP contribution in [-0.2, 0) is 0 Å². The van der Waals surface area contributed by atoms with Gasteiger partial charge in [-0.3, -0.25) is 4.79 Å². The van der Waals surface area contributed by atoms with Crippen molar-refractivity contribution in [2.45, 2.75) is 37.8 Å². The van der Waals surface area contributed by atoms with Gasteiger partial charge in [0.05, 0.1) is 10.0 Å². The predicted octanol–water partition coefficient (Wildman–Crippen LogP) is 2.94. The first-order valence-electron chi connectivity index (χ1n) is 7.14. The van der Waals surface area contributed by atoms with Crippen LogP contribution in [0.15, 0.2) is 22.7 Å². The van der Waals surface area contributed by atoms with Crippen LogP contribution in [0, 0.1) is 5.82 Å². The highest BCUT2D eigenvalue weighted by Crippen LogP contribution is 2.29. The van der Waals surface area contributed by atoms with Gasteiger partial charge in [-0.05, 0) is 53.7 Å². The van der Waals surface area contributed by atoms with Crippen molar-refractivity contribution in [2.24, 2.45) is 0 Å². The number of halogens is 2. The average molecular weight is 341 g/mol. The summed E-state index contributed by atoms with van der Waals surface area (Å²) in [5, 5.41) is 2.96. The number of hydrogen-bond donors (Lipinski definition) is 1. The number of amides is 1. The summed E-state index contributed by atoms with van der Waals surface area (Å²) in [5.41, 5.74) is 0.115. The highest BCUT2D eigenvalue weighted by Gasteiger charge is 2.32. The molecule has 1 heterocycles. The molecule has 2 aliphatic rings. The molecule has 1 saturated heterocycles. The molecule has 1 aromatic carbocycles. The van der Waals surface area contributed by atoms with E-state index in [0.29, 0.717) is 4.47 Å². The van der Waals surface area contributed by atoms with Crippen molar-refractivity contribution in [3.63, 3.8) is 0 Å². The fourth-order valence-electron chi connectivity index (χ4n) is 2.79. The Hall–Kier alpha value is -0.940. The molecule has 0 radical (unpaired) electrons. The number of piperidine rings is 1. The van der Waals surface area contributed by atoms with Crippen molar-refractivity contribution in [2.75, 3.05) is 13.1 Å². The Bertz CT molecular complexity index is 511. The molecule has 3 nitrogen and oxygen atoms in total. The van der Waals surface area contributed by atoms with Gasteiger partial charge in [0.15, 0.2) is 0 Å². The van der Waals surface area contributed by atoms with Crippen molar-refractivity contribution < 1.29 is 9.18 Å². The molecule has 1 aliphatic carbocycles. The van der Waals surface area contributed by atoms with E-state index in [0.717, 1.165) is 32.0 Å². The van der Waals surface area contributed by atoms with Crippen molar-refractivity contribution in [1.82, 2.24) is 10.2 Å². The van der Waals surface area contributed by atoms with E-state index in [2.05, 4.69) is 26.1 Å². The normalized spacial score (nSPS) is 20.9. The molecule has 0 atom stereocenters. The third-order valence-corrected chi connectivity index (χ3v) is 4.74. The topological polar surface area (TPSA) is 32.3 Å². The first-order valence-corrected chi connectivity index (χ1v) is 7.93. The molecule has 20 heavy (non-hydrogen) atoms. The van der Waals surface area contributed by atoms with Gasteiger partial charge in [-0.25, -0.2) is 4.39 Å². The van der Waals surface area contributed by atoms with Crippen LogP contribution in [0.3, 0.4) is 0 Å². The summed E-state index contributed by atoms with van der Waals surface area (Å²) in [6, 6.07) is 5.75. The van der Waals surface area contributed by atoms with Gasteiger partial charge in [-0.2, -0.15) is 0 Å². The maximum atomic E-state index is 13.9. The molecule has 5 heteroatoms. The van der Waals surface area contributed by atoms with Gasteiger partial charge < -0.3 is 10.2 Å². The van der Waals surface area contributed by atoms with Gasteiger partial charge in [0.25, 0.3) is 5.91 Å². The number of carbonyl (C=O) groups excluding carboxylic acids is 1. The fraction of sp³-hybridized carbons (Fsp3) is 0.533. The Morgan fingerprint density at radius 3 is 2.60 bits per heavy atom.